The van der Waals surface area contributed by atoms with E-state index in [0.717, 1.165) is 0 Å². The van der Waals surface area contributed by atoms with Crippen LogP contribution in [0.5, 0.6) is 51.7 Å². The van der Waals surface area contributed by atoms with E-state index in [-0.39, 0.29) is 107 Å². The quantitative estimate of drug-likeness (QED) is 0.0238. The van der Waals surface area contributed by atoms with Crippen molar-refractivity contribution in [1.29, 1.82) is 0 Å². The van der Waals surface area contributed by atoms with Crippen molar-refractivity contribution in [1.82, 2.24) is 0 Å². The fourth-order valence-corrected chi connectivity index (χ4v) is 9.14. The Balaban J connectivity index is 1.59. The van der Waals surface area contributed by atoms with Gasteiger partial charge in [-0.05, 0) is 96.6 Å². The van der Waals surface area contributed by atoms with Crippen molar-refractivity contribution in [3.05, 3.63) is 122 Å². The smallest absolute Gasteiger partial charge is 0.345 e. The highest BCUT2D eigenvalue weighted by Gasteiger charge is 2.41. The second-order valence-corrected chi connectivity index (χ2v) is 20.4. The van der Waals surface area contributed by atoms with Crippen LogP contribution < -0.4 is 42.6 Å². The third-order valence-electron chi connectivity index (χ3n) is 13.6. The zero-order valence-corrected chi connectivity index (χ0v) is 51.5. The number of carbonyl (C=O) groups excluding carboxylic acids is 5. The topological polar surface area (TPSA) is 354 Å². The summed E-state index contributed by atoms with van der Waals surface area (Å²) in [5, 5.41) is 61.9. The molecule has 0 spiro atoms. The lowest BCUT2D eigenvalue weighted by Crippen LogP contribution is -2.48. The maximum atomic E-state index is 14.6. The van der Waals surface area contributed by atoms with Crippen molar-refractivity contribution in [2.45, 2.75) is 77.2 Å². The minimum atomic E-state index is -2.03. The summed E-state index contributed by atoms with van der Waals surface area (Å²) in [7, 11) is 11.8. The molecule has 0 radical (unpaired) electrons. The molecule has 0 aromatic heterocycles. The first kappa shape index (κ1) is 71.1. The van der Waals surface area contributed by atoms with Gasteiger partial charge in [0, 0.05) is 18.2 Å². The lowest BCUT2D eigenvalue weighted by molar-refractivity contribution is -0.143. The van der Waals surface area contributed by atoms with Crippen LogP contribution >= 0.6 is 0 Å². The molecule has 0 aliphatic carbocycles. The third kappa shape index (κ3) is 17.6. The Morgan fingerprint density at radius 3 is 0.809 bits per heavy atom. The Labute approximate surface area is 513 Å². The molecule has 89 heavy (non-hydrogen) atoms. The van der Waals surface area contributed by atoms with Gasteiger partial charge in [-0.15, -0.1) is 0 Å². The third-order valence-corrected chi connectivity index (χ3v) is 13.6. The Morgan fingerprint density at radius 1 is 0.303 bits per heavy atom. The largest absolute Gasteiger partial charge is 0.497 e. The number of ether oxygens (including phenoxy) is 16. The molecule has 3 atom stereocenters. The van der Waals surface area contributed by atoms with Crippen LogP contribution in [0.15, 0.2) is 60.7 Å². The molecule has 0 aliphatic heterocycles. The van der Waals surface area contributed by atoms with Gasteiger partial charge in [0.15, 0.2) is 16.8 Å². The Hall–Kier alpha value is -8.67. The molecule has 0 fully saturated rings. The molecule has 6 N–H and O–H groups in total. The van der Waals surface area contributed by atoms with Gasteiger partial charge in [-0.2, -0.15) is 0 Å². The molecule has 27 nitrogen and oxygen atoms in total. The van der Waals surface area contributed by atoms with Gasteiger partial charge >= 0.3 is 29.8 Å². The van der Waals surface area contributed by atoms with E-state index in [1.807, 2.05) is 0 Å². The Bertz CT molecular complexity index is 2990. The van der Waals surface area contributed by atoms with Crippen molar-refractivity contribution in [3.63, 3.8) is 0 Å². The average Bonchev–Trinajstić information content (AvgIpc) is 1.72. The summed E-state index contributed by atoms with van der Waals surface area (Å²) in [5.74, 6) is -4.87. The highest BCUT2D eigenvalue weighted by atomic mass is 16.6. The van der Waals surface area contributed by atoms with Crippen LogP contribution in [0.1, 0.15) is 106 Å². The summed E-state index contributed by atoms with van der Waals surface area (Å²) in [6.07, 6.45) is 0. The molecule has 486 valence electrons. The lowest BCUT2D eigenvalue weighted by Gasteiger charge is -2.35. The number of methoxy groups -OCH3 is 9. The summed E-state index contributed by atoms with van der Waals surface area (Å²) in [6.45, 7) is -4.20. The zero-order chi connectivity index (χ0) is 65.8. The van der Waals surface area contributed by atoms with E-state index in [0.29, 0.717) is 5.56 Å². The van der Waals surface area contributed by atoms with Crippen molar-refractivity contribution in [2.24, 2.45) is 0 Å². The van der Waals surface area contributed by atoms with Gasteiger partial charge in [0.2, 0.25) is 0 Å². The normalized spacial score (nSPS) is 13.1. The number of esters is 5. The van der Waals surface area contributed by atoms with Gasteiger partial charge in [-0.1, -0.05) is 0 Å². The van der Waals surface area contributed by atoms with Crippen LogP contribution in [0.3, 0.4) is 0 Å². The first-order chi connectivity index (χ1) is 42.5. The number of carbonyl (C=O) groups is 5. The molecule has 0 heterocycles. The Morgan fingerprint density at radius 2 is 0.551 bits per heavy atom. The minimum absolute atomic E-state index is 0.00948. The molecule has 0 bridgehead atoms. The second-order valence-electron chi connectivity index (χ2n) is 20.4. The summed E-state index contributed by atoms with van der Waals surface area (Å²) in [6, 6.07) is 13.7. The predicted molar refractivity (Wildman–Crippen MR) is 310 cm³/mol. The van der Waals surface area contributed by atoms with Gasteiger partial charge in [0.05, 0.1) is 136 Å². The number of aliphatic hydroxyl groups is 6. The van der Waals surface area contributed by atoms with Gasteiger partial charge in [-0.25, -0.2) is 24.0 Å². The number of rotatable bonds is 35. The van der Waals surface area contributed by atoms with Gasteiger partial charge < -0.3 is 106 Å². The number of benzene rings is 5. The molecule has 0 saturated carbocycles. The molecule has 0 amide bonds. The monoisotopic (exact) mass is 1250 g/mol. The van der Waals surface area contributed by atoms with Crippen LogP contribution in [0.25, 0.3) is 0 Å². The highest BCUT2D eigenvalue weighted by molar-refractivity contribution is 5.98. The molecule has 0 aliphatic rings. The molecular weight excluding hydrogens is 1180 g/mol. The molecule has 5 rings (SSSR count). The minimum Gasteiger partial charge on any atom is -0.497 e. The summed E-state index contributed by atoms with van der Waals surface area (Å²) >= 11 is 0. The van der Waals surface area contributed by atoms with Crippen LogP contribution in [0.2, 0.25) is 0 Å². The van der Waals surface area contributed by atoms with E-state index in [1.54, 1.807) is 0 Å². The first-order valence-corrected chi connectivity index (χ1v) is 27.1. The SMILES string of the molecule is COc1cc(CO)c(C(=O)OCC(C)(COCC(C)(COCC(C)(COC(=O)c2c(OC)cc(CO)cc2OC)OC(=O)c2c(CO)cc(OC)cc2OC)OC(=O)c2c(CO)cc(OC)cc2OC)OC(=O)c2c(CO)cc(OC)cc2OC)c(CO)c1. The maximum absolute atomic E-state index is 14.6. The highest BCUT2D eigenvalue weighted by Crippen LogP contribution is 2.37. The number of hydrogen-bond acceptors (Lipinski definition) is 27. The molecule has 5 aromatic carbocycles. The van der Waals surface area contributed by atoms with Crippen molar-refractivity contribution < 1.29 is 130 Å². The zero-order valence-electron chi connectivity index (χ0n) is 51.5. The first-order valence-electron chi connectivity index (χ1n) is 27.1. The van der Waals surface area contributed by atoms with E-state index in [4.69, 9.17) is 75.8 Å². The van der Waals surface area contributed by atoms with Crippen molar-refractivity contribution in [2.75, 3.05) is 104 Å². The van der Waals surface area contributed by atoms with E-state index in [1.165, 1.54) is 145 Å². The Kier molecular flexibility index (Phi) is 26.0. The van der Waals surface area contributed by atoms with Crippen molar-refractivity contribution in [3.8, 4) is 51.7 Å². The molecular formula is C62H76O27. The second kappa shape index (κ2) is 32.5. The number of aliphatic hydroxyl groups excluding tert-OH is 6. The summed E-state index contributed by atoms with van der Waals surface area (Å²) < 4.78 is 91.3. The van der Waals surface area contributed by atoms with E-state index in [9.17, 15) is 54.6 Å². The van der Waals surface area contributed by atoms with E-state index >= 15 is 0 Å². The lowest BCUT2D eigenvalue weighted by atomic mass is 10.0. The van der Waals surface area contributed by atoms with E-state index in [2.05, 4.69) is 0 Å². The number of hydrogen-bond donors (Lipinski definition) is 6. The summed E-state index contributed by atoms with van der Waals surface area (Å²) in [4.78, 5) is 71.6. The van der Waals surface area contributed by atoms with Crippen LogP contribution in [0, 0.1) is 0 Å². The predicted octanol–water partition coefficient (Wildman–Crippen LogP) is 4.61. The fraction of sp³-hybridized carbons (Fsp3) is 0.435. The molecule has 5 aromatic rings. The molecule has 0 saturated heterocycles. The van der Waals surface area contributed by atoms with Crippen LogP contribution in [0.4, 0.5) is 0 Å². The van der Waals surface area contributed by atoms with Crippen LogP contribution in [-0.2, 0) is 72.8 Å². The average molecular weight is 1250 g/mol. The van der Waals surface area contributed by atoms with Gasteiger partial charge in [0.1, 0.15) is 87.2 Å². The molecule has 3 unspecified atom stereocenters. The van der Waals surface area contributed by atoms with E-state index < -0.39 is 126 Å². The van der Waals surface area contributed by atoms with Crippen molar-refractivity contribution >= 4 is 29.8 Å². The molecule has 27 heteroatoms. The van der Waals surface area contributed by atoms with Gasteiger partial charge in [-0.3, -0.25) is 0 Å². The standard InChI is InChI=1S/C62H76O27/c1-60(87-57(71)51-38(26-66)17-42(75-5)20-47(51)80-10,29-83-31-61(2,88-58(72)52-39(27-67)18-43(76-6)21-48(52)81-11)33-85-55(69)50-36(24-64)15-41(74-4)16-37(50)25-65)30-84-32-62(3,89-59(73)53-40(28-68)19-44(77-7)22-49(53)82-12)34-86-56(70)54-45(78-8)13-35(23-63)14-46(54)79-9/h13-22,63-68H,23-34H2,1-12H3. The van der Waals surface area contributed by atoms with Crippen LogP contribution in [-0.4, -0.2) is 181 Å². The fourth-order valence-electron chi connectivity index (χ4n) is 9.14. The van der Waals surface area contributed by atoms with Gasteiger partial charge in [0.25, 0.3) is 0 Å². The maximum Gasteiger partial charge on any atom is 0.345 e. The summed E-state index contributed by atoms with van der Waals surface area (Å²) in [5.41, 5.74) is -6.77.